The molecule has 0 fully saturated rings. The van der Waals surface area contributed by atoms with E-state index in [-0.39, 0.29) is 5.75 Å². The van der Waals surface area contributed by atoms with Crippen LogP contribution in [0.4, 0.5) is 4.39 Å². The second-order valence-corrected chi connectivity index (χ2v) is 4.53. The molecule has 0 spiro atoms. The summed E-state index contributed by atoms with van der Waals surface area (Å²) in [7, 11) is 1.39. The lowest BCUT2D eigenvalue weighted by atomic mass is 10.0. The Balaban J connectivity index is 2.92. The molecule has 0 radical (unpaired) electrons. The van der Waals surface area contributed by atoms with Gasteiger partial charge in [0.25, 0.3) is 0 Å². The van der Waals surface area contributed by atoms with Gasteiger partial charge in [-0.1, -0.05) is 19.9 Å². The summed E-state index contributed by atoms with van der Waals surface area (Å²) in [6.07, 6.45) is 0. The van der Waals surface area contributed by atoms with E-state index < -0.39 is 17.8 Å². The van der Waals surface area contributed by atoms with Gasteiger partial charge < -0.3 is 15.8 Å². The van der Waals surface area contributed by atoms with Crippen LogP contribution in [0.25, 0.3) is 0 Å². The third kappa shape index (κ3) is 3.70. The molecule has 1 amide bonds. The molecule has 0 saturated carbocycles. The van der Waals surface area contributed by atoms with Crippen molar-refractivity contribution in [3.8, 4) is 5.75 Å². The number of carbonyl (C=O) groups excluding carboxylic acids is 1. The highest BCUT2D eigenvalue weighted by Crippen LogP contribution is 2.21. The average Bonchev–Trinajstić information content (AvgIpc) is 2.28. The SMILES string of the molecule is COc1ccc(C(NCC(C)C)C(N)=O)cc1F. The van der Waals surface area contributed by atoms with E-state index in [0.717, 1.165) is 0 Å². The van der Waals surface area contributed by atoms with Gasteiger partial charge in [-0.3, -0.25) is 4.79 Å². The molecule has 3 N–H and O–H groups in total. The van der Waals surface area contributed by atoms with Crippen molar-refractivity contribution >= 4 is 5.91 Å². The van der Waals surface area contributed by atoms with Crippen molar-refractivity contribution in [3.05, 3.63) is 29.6 Å². The predicted octanol–water partition coefficient (Wildman–Crippen LogP) is 1.61. The Labute approximate surface area is 106 Å². The Kier molecular flexibility index (Phi) is 5.09. The maximum Gasteiger partial charge on any atom is 0.239 e. The van der Waals surface area contributed by atoms with E-state index in [1.807, 2.05) is 13.8 Å². The zero-order valence-corrected chi connectivity index (χ0v) is 10.9. The quantitative estimate of drug-likeness (QED) is 0.810. The highest BCUT2D eigenvalue weighted by Gasteiger charge is 2.19. The first kappa shape index (κ1) is 14.4. The molecule has 0 aliphatic carbocycles. The van der Waals surface area contributed by atoms with Crippen LogP contribution in [-0.4, -0.2) is 19.6 Å². The maximum atomic E-state index is 13.6. The average molecular weight is 254 g/mol. The molecule has 1 atom stereocenters. The topological polar surface area (TPSA) is 64.3 Å². The van der Waals surface area contributed by atoms with Gasteiger partial charge in [0.15, 0.2) is 11.6 Å². The van der Waals surface area contributed by atoms with Gasteiger partial charge in [0.05, 0.1) is 7.11 Å². The summed E-state index contributed by atoms with van der Waals surface area (Å²) >= 11 is 0. The van der Waals surface area contributed by atoms with E-state index >= 15 is 0 Å². The van der Waals surface area contributed by atoms with Crippen LogP contribution in [-0.2, 0) is 4.79 Å². The molecule has 0 bridgehead atoms. The van der Waals surface area contributed by atoms with E-state index in [1.165, 1.54) is 19.2 Å². The third-order valence-corrected chi connectivity index (χ3v) is 2.52. The molecule has 1 unspecified atom stereocenters. The minimum atomic E-state index is -0.687. The second-order valence-electron chi connectivity index (χ2n) is 4.53. The summed E-state index contributed by atoms with van der Waals surface area (Å²) < 4.78 is 18.4. The number of primary amides is 1. The Morgan fingerprint density at radius 2 is 2.17 bits per heavy atom. The molecule has 1 aromatic rings. The number of hydrogen-bond donors (Lipinski definition) is 2. The van der Waals surface area contributed by atoms with Crippen LogP contribution in [0.3, 0.4) is 0 Å². The number of halogens is 1. The molecular weight excluding hydrogens is 235 g/mol. The lowest BCUT2D eigenvalue weighted by Gasteiger charge is -2.17. The molecular formula is C13H19FN2O2. The van der Waals surface area contributed by atoms with Gasteiger partial charge in [0.1, 0.15) is 6.04 Å². The Bertz CT molecular complexity index is 421. The van der Waals surface area contributed by atoms with Gasteiger partial charge in [-0.25, -0.2) is 4.39 Å². The number of rotatable bonds is 6. The third-order valence-electron chi connectivity index (χ3n) is 2.52. The molecule has 0 aliphatic rings. The van der Waals surface area contributed by atoms with Gasteiger partial charge >= 0.3 is 0 Å². The Morgan fingerprint density at radius 1 is 1.50 bits per heavy atom. The van der Waals surface area contributed by atoms with Crippen LogP contribution < -0.4 is 15.8 Å². The summed E-state index contributed by atoms with van der Waals surface area (Å²) in [4.78, 5) is 11.4. The summed E-state index contributed by atoms with van der Waals surface area (Å²) in [6.45, 7) is 4.65. The largest absolute Gasteiger partial charge is 0.494 e. The highest BCUT2D eigenvalue weighted by atomic mass is 19.1. The first-order valence-electron chi connectivity index (χ1n) is 5.81. The number of amides is 1. The van der Waals surface area contributed by atoms with Crippen molar-refractivity contribution in [1.82, 2.24) is 5.32 Å². The summed E-state index contributed by atoms with van der Waals surface area (Å²) in [5, 5.41) is 3.02. The molecule has 0 aliphatic heterocycles. The number of ether oxygens (including phenoxy) is 1. The number of nitrogens with one attached hydrogen (secondary N) is 1. The minimum absolute atomic E-state index is 0.144. The van der Waals surface area contributed by atoms with Gasteiger partial charge in [0, 0.05) is 0 Å². The maximum absolute atomic E-state index is 13.6. The van der Waals surface area contributed by atoms with Gasteiger partial charge in [-0.05, 0) is 30.2 Å². The van der Waals surface area contributed by atoms with Crippen molar-refractivity contribution < 1.29 is 13.9 Å². The van der Waals surface area contributed by atoms with Crippen LogP contribution in [0.2, 0.25) is 0 Å². The van der Waals surface area contributed by atoms with Crippen molar-refractivity contribution in [2.75, 3.05) is 13.7 Å². The van der Waals surface area contributed by atoms with Crippen LogP contribution in [0.15, 0.2) is 18.2 Å². The zero-order valence-electron chi connectivity index (χ0n) is 10.9. The van der Waals surface area contributed by atoms with Gasteiger partial charge in [0.2, 0.25) is 5.91 Å². The van der Waals surface area contributed by atoms with E-state index in [9.17, 15) is 9.18 Å². The molecule has 1 aromatic carbocycles. The second kappa shape index (κ2) is 6.35. The summed E-state index contributed by atoms with van der Waals surface area (Å²) in [5.41, 5.74) is 5.82. The molecule has 18 heavy (non-hydrogen) atoms. The van der Waals surface area contributed by atoms with E-state index in [1.54, 1.807) is 6.07 Å². The lowest BCUT2D eigenvalue weighted by Crippen LogP contribution is -2.35. The van der Waals surface area contributed by atoms with Crippen LogP contribution in [0.1, 0.15) is 25.5 Å². The molecule has 0 saturated heterocycles. The van der Waals surface area contributed by atoms with Gasteiger partial charge in [-0.15, -0.1) is 0 Å². The molecule has 0 heterocycles. The van der Waals surface area contributed by atoms with E-state index in [2.05, 4.69) is 5.32 Å². The van der Waals surface area contributed by atoms with Crippen molar-refractivity contribution in [1.29, 1.82) is 0 Å². The smallest absolute Gasteiger partial charge is 0.239 e. The number of hydrogen-bond acceptors (Lipinski definition) is 3. The summed E-state index contributed by atoms with van der Waals surface area (Å²) in [5.74, 6) is -0.520. The fourth-order valence-electron chi connectivity index (χ4n) is 1.60. The number of methoxy groups -OCH3 is 1. The van der Waals surface area contributed by atoms with Crippen LogP contribution >= 0.6 is 0 Å². The first-order valence-corrected chi connectivity index (χ1v) is 5.81. The Morgan fingerprint density at radius 3 is 2.61 bits per heavy atom. The van der Waals surface area contributed by atoms with Crippen LogP contribution in [0, 0.1) is 11.7 Å². The van der Waals surface area contributed by atoms with E-state index in [0.29, 0.717) is 18.0 Å². The molecule has 0 aromatic heterocycles. The van der Waals surface area contributed by atoms with Crippen molar-refractivity contribution in [2.45, 2.75) is 19.9 Å². The number of carbonyl (C=O) groups is 1. The lowest BCUT2D eigenvalue weighted by molar-refractivity contribution is -0.120. The first-order chi connectivity index (χ1) is 8.45. The molecule has 5 heteroatoms. The van der Waals surface area contributed by atoms with Crippen LogP contribution in [0.5, 0.6) is 5.75 Å². The monoisotopic (exact) mass is 254 g/mol. The fraction of sp³-hybridized carbons (Fsp3) is 0.462. The predicted molar refractivity (Wildman–Crippen MR) is 67.7 cm³/mol. The fourth-order valence-corrected chi connectivity index (χ4v) is 1.60. The number of benzene rings is 1. The van der Waals surface area contributed by atoms with Crippen molar-refractivity contribution in [2.24, 2.45) is 11.7 Å². The van der Waals surface area contributed by atoms with Crippen molar-refractivity contribution in [3.63, 3.8) is 0 Å². The van der Waals surface area contributed by atoms with E-state index in [4.69, 9.17) is 10.5 Å². The molecule has 100 valence electrons. The highest BCUT2D eigenvalue weighted by molar-refractivity contribution is 5.81. The molecule has 4 nitrogen and oxygen atoms in total. The number of nitrogens with two attached hydrogens (primary N) is 1. The zero-order chi connectivity index (χ0) is 13.7. The minimum Gasteiger partial charge on any atom is -0.494 e. The normalized spacial score (nSPS) is 12.5. The van der Waals surface area contributed by atoms with Gasteiger partial charge in [-0.2, -0.15) is 0 Å². The Hall–Kier alpha value is -1.62. The summed E-state index contributed by atoms with van der Waals surface area (Å²) in [6, 6.07) is 3.69. The standard InChI is InChI=1S/C13H19FN2O2/c1-8(2)7-16-12(13(15)17)9-4-5-11(18-3)10(14)6-9/h4-6,8,12,16H,7H2,1-3H3,(H2,15,17). The molecule has 1 rings (SSSR count).